The van der Waals surface area contributed by atoms with Crippen molar-refractivity contribution in [2.75, 3.05) is 0 Å². The predicted octanol–water partition coefficient (Wildman–Crippen LogP) is 3.75. The molecule has 0 aliphatic heterocycles. The fraction of sp³-hybridized carbons (Fsp3) is 0.333. The Kier molecular flexibility index (Phi) is 4.18. The van der Waals surface area contributed by atoms with Crippen molar-refractivity contribution in [3.8, 4) is 0 Å². The molecular weight excluding hydrogens is 313 g/mol. The molecule has 0 unspecified atom stereocenters. The number of rotatable bonds is 3. The smallest absolute Gasteiger partial charge is 0.298 e. The summed E-state index contributed by atoms with van der Waals surface area (Å²) < 4.78 is 62.8. The summed E-state index contributed by atoms with van der Waals surface area (Å²) >= 11 is 2.84. The molecule has 1 aromatic heterocycles. The molecule has 0 aliphatic carbocycles. The number of carbonyl (C=O) groups excluding carboxylic acids is 1. The summed E-state index contributed by atoms with van der Waals surface area (Å²) in [6, 6.07) is 0. The number of carbonyl (C=O) groups is 1. The van der Waals surface area contributed by atoms with Crippen molar-refractivity contribution in [2.45, 2.75) is 17.9 Å². The first kappa shape index (κ1) is 14.0. The van der Waals surface area contributed by atoms with E-state index in [0.717, 1.165) is 0 Å². The molecule has 0 atom stereocenters. The molecule has 0 amide bonds. The lowest BCUT2D eigenvalue weighted by Gasteiger charge is -2.15. The highest BCUT2D eigenvalue weighted by atomic mass is 79.9. The van der Waals surface area contributed by atoms with Crippen LogP contribution in [0.1, 0.15) is 33.6 Å². The molecule has 1 aromatic rings. The Bertz CT molecular complexity index is 432. The van der Waals surface area contributed by atoms with Gasteiger partial charge in [0, 0.05) is 22.7 Å². The van der Waals surface area contributed by atoms with Gasteiger partial charge < -0.3 is 0 Å². The molecule has 0 radical (unpaired) electrons. The van der Waals surface area contributed by atoms with Crippen LogP contribution in [-0.4, -0.2) is 11.3 Å². The number of nitrogens with zero attached hydrogens (tertiary/aromatic N) is 1. The van der Waals surface area contributed by atoms with Gasteiger partial charge in [-0.2, -0.15) is 13.2 Å². The minimum absolute atomic E-state index is 0.113. The maximum absolute atomic E-state index is 12.6. The average Bonchev–Trinajstić information content (AvgIpc) is 2.25. The Balaban J connectivity index is 3.62. The average molecular weight is 318 g/mol. The molecule has 0 saturated heterocycles. The summed E-state index contributed by atoms with van der Waals surface area (Å²) in [5.74, 6) is 0. The van der Waals surface area contributed by atoms with Gasteiger partial charge in [-0.25, -0.2) is 8.78 Å². The summed E-state index contributed by atoms with van der Waals surface area (Å²) in [7, 11) is 0. The number of hydrogen-bond donors (Lipinski definition) is 0. The van der Waals surface area contributed by atoms with Crippen LogP contribution < -0.4 is 0 Å². The summed E-state index contributed by atoms with van der Waals surface area (Å²) in [6.07, 6.45) is -8.04. The largest absolute Gasteiger partial charge is 0.417 e. The minimum Gasteiger partial charge on any atom is -0.298 e. The van der Waals surface area contributed by atoms with Gasteiger partial charge >= 0.3 is 6.18 Å². The Morgan fingerprint density at radius 1 is 1.41 bits per heavy atom. The third-order valence-electron chi connectivity index (χ3n) is 1.99. The first-order chi connectivity index (χ1) is 7.82. The molecule has 0 N–H and O–H groups in total. The van der Waals surface area contributed by atoms with E-state index >= 15 is 0 Å². The number of aldehydes is 1. The van der Waals surface area contributed by atoms with Gasteiger partial charge in [-0.15, -0.1) is 0 Å². The van der Waals surface area contributed by atoms with Crippen LogP contribution in [0, 0.1) is 0 Å². The SMILES string of the molecule is O=Cc1c(CBr)ncc(C(F)F)c1C(F)(F)F. The number of aromatic nitrogens is 1. The molecular formula is C9H5BrF5NO. The Morgan fingerprint density at radius 3 is 2.35 bits per heavy atom. The lowest BCUT2D eigenvalue weighted by molar-refractivity contribution is -0.139. The first-order valence-electron chi connectivity index (χ1n) is 4.21. The van der Waals surface area contributed by atoms with Crippen molar-refractivity contribution in [3.05, 3.63) is 28.6 Å². The van der Waals surface area contributed by atoms with Crippen molar-refractivity contribution in [3.63, 3.8) is 0 Å². The maximum Gasteiger partial charge on any atom is 0.417 e. The summed E-state index contributed by atoms with van der Waals surface area (Å²) in [4.78, 5) is 14.0. The molecule has 0 bridgehead atoms. The Morgan fingerprint density at radius 2 is 2.00 bits per heavy atom. The van der Waals surface area contributed by atoms with Gasteiger partial charge in [-0.05, 0) is 0 Å². The molecule has 94 valence electrons. The van der Waals surface area contributed by atoms with Gasteiger partial charge in [-0.1, -0.05) is 15.9 Å². The van der Waals surface area contributed by atoms with E-state index in [1.165, 1.54) is 0 Å². The monoisotopic (exact) mass is 317 g/mol. The van der Waals surface area contributed by atoms with E-state index in [2.05, 4.69) is 20.9 Å². The van der Waals surface area contributed by atoms with Crippen LogP contribution in [0.5, 0.6) is 0 Å². The molecule has 1 heterocycles. The standard InChI is InChI=1S/C9H5BrF5NO/c10-1-6-5(3-17)7(9(13,14)15)4(2-16-6)8(11)12/h2-3,8H,1H2. The third-order valence-corrected chi connectivity index (χ3v) is 2.52. The van der Waals surface area contributed by atoms with Crippen molar-refractivity contribution < 1.29 is 26.7 Å². The van der Waals surface area contributed by atoms with Gasteiger partial charge in [0.1, 0.15) is 0 Å². The highest BCUT2D eigenvalue weighted by Gasteiger charge is 2.39. The number of halogens is 6. The summed E-state index contributed by atoms with van der Waals surface area (Å²) in [5, 5.41) is -0.131. The second-order valence-electron chi connectivity index (χ2n) is 3.00. The quantitative estimate of drug-likeness (QED) is 0.483. The maximum atomic E-state index is 12.6. The fourth-order valence-corrected chi connectivity index (χ4v) is 1.74. The van der Waals surface area contributed by atoms with Crippen LogP contribution in [0.3, 0.4) is 0 Å². The van der Waals surface area contributed by atoms with E-state index in [4.69, 9.17) is 0 Å². The molecule has 1 rings (SSSR count). The lowest BCUT2D eigenvalue weighted by atomic mass is 10.0. The van der Waals surface area contributed by atoms with Crippen LogP contribution in [0.2, 0.25) is 0 Å². The molecule has 0 aromatic carbocycles. The first-order valence-corrected chi connectivity index (χ1v) is 5.33. The molecule has 0 aliphatic rings. The van der Waals surface area contributed by atoms with E-state index < -0.39 is 29.3 Å². The molecule has 2 nitrogen and oxygen atoms in total. The summed E-state index contributed by atoms with van der Waals surface area (Å²) in [5.41, 5.74) is -3.99. The van der Waals surface area contributed by atoms with Crippen LogP contribution >= 0.6 is 15.9 Å². The third kappa shape index (κ3) is 2.80. The summed E-state index contributed by atoms with van der Waals surface area (Å²) in [6.45, 7) is 0. The number of pyridine rings is 1. The number of alkyl halides is 6. The normalized spacial score (nSPS) is 11.9. The molecule has 0 saturated carbocycles. The zero-order chi connectivity index (χ0) is 13.2. The van der Waals surface area contributed by atoms with Crippen LogP contribution in [0.15, 0.2) is 6.20 Å². The van der Waals surface area contributed by atoms with Crippen molar-refractivity contribution in [1.29, 1.82) is 0 Å². The topological polar surface area (TPSA) is 30.0 Å². The van der Waals surface area contributed by atoms with E-state index in [-0.39, 0.29) is 17.3 Å². The van der Waals surface area contributed by atoms with E-state index in [1.807, 2.05) is 0 Å². The van der Waals surface area contributed by atoms with E-state index in [9.17, 15) is 26.7 Å². The van der Waals surface area contributed by atoms with Crippen LogP contribution in [0.25, 0.3) is 0 Å². The fourth-order valence-electron chi connectivity index (χ4n) is 1.30. The van der Waals surface area contributed by atoms with Crippen molar-refractivity contribution in [1.82, 2.24) is 4.98 Å². The van der Waals surface area contributed by atoms with E-state index in [0.29, 0.717) is 6.20 Å². The molecule has 0 spiro atoms. The number of hydrogen-bond acceptors (Lipinski definition) is 2. The second kappa shape index (κ2) is 5.07. The van der Waals surface area contributed by atoms with Gasteiger partial charge in [0.15, 0.2) is 6.29 Å². The zero-order valence-corrected chi connectivity index (χ0v) is 9.65. The van der Waals surface area contributed by atoms with Crippen molar-refractivity contribution in [2.24, 2.45) is 0 Å². The van der Waals surface area contributed by atoms with E-state index in [1.54, 1.807) is 0 Å². The molecule has 17 heavy (non-hydrogen) atoms. The van der Waals surface area contributed by atoms with Gasteiger partial charge in [0.25, 0.3) is 6.43 Å². The highest BCUT2D eigenvalue weighted by Crippen LogP contribution is 2.38. The second-order valence-corrected chi connectivity index (χ2v) is 3.56. The zero-order valence-electron chi connectivity index (χ0n) is 8.06. The van der Waals surface area contributed by atoms with Gasteiger partial charge in [-0.3, -0.25) is 9.78 Å². The Labute approximate surface area is 101 Å². The minimum atomic E-state index is -5.03. The lowest BCUT2D eigenvalue weighted by Crippen LogP contribution is -2.16. The van der Waals surface area contributed by atoms with Gasteiger partial charge in [0.05, 0.1) is 11.3 Å². The van der Waals surface area contributed by atoms with Gasteiger partial charge in [0.2, 0.25) is 0 Å². The highest BCUT2D eigenvalue weighted by molar-refractivity contribution is 9.08. The Hall–Kier alpha value is -1.05. The predicted molar refractivity (Wildman–Crippen MR) is 52.2 cm³/mol. The molecule has 8 heteroatoms. The van der Waals surface area contributed by atoms with Crippen LogP contribution in [-0.2, 0) is 11.5 Å². The molecule has 0 fully saturated rings. The van der Waals surface area contributed by atoms with Crippen molar-refractivity contribution >= 4 is 22.2 Å². The van der Waals surface area contributed by atoms with Crippen LogP contribution in [0.4, 0.5) is 22.0 Å².